The zero-order valence-corrected chi connectivity index (χ0v) is 33.6. The van der Waals surface area contributed by atoms with Gasteiger partial charge in [0.15, 0.2) is 5.82 Å². The Labute approximate surface area is 354 Å². The first-order chi connectivity index (χ1) is 30.2. The van der Waals surface area contributed by atoms with Crippen LogP contribution in [-0.4, -0.2) is 25.3 Å². The number of benzene rings is 5. The molecule has 8 aromatic rings. The molecule has 3 heterocycles. The second kappa shape index (κ2) is 14.3. The molecule has 12 rings (SSSR count). The molecule has 0 saturated carbocycles. The Hall–Kier alpha value is -7.57. The molecule has 6 nitrogen and oxygen atoms in total. The molecule has 5 aromatic carbocycles. The van der Waals surface area contributed by atoms with E-state index in [-0.39, 0.29) is 0 Å². The first-order valence-corrected chi connectivity index (χ1v) is 21.4. The number of para-hydroxylation sites is 3. The first-order valence-electron chi connectivity index (χ1n) is 21.4. The highest BCUT2D eigenvalue weighted by atomic mass is 15.0. The van der Waals surface area contributed by atoms with Gasteiger partial charge in [-0.25, -0.2) is 9.97 Å². The summed E-state index contributed by atoms with van der Waals surface area (Å²) in [5, 5.41) is 14.5. The molecule has 0 aliphatic heterocycles. The van der Waals surface area contributed by atoms with Gasteiger partial charge < -0.3 is 19.9 Å². The third-order valence-corrected chi connectivity index (χ3v) is 13.0. The highest BCUT2D eigenvalue weighted by Crippen LogP contribution is 2.46. The average molecular weight is 787 g/mol. The van der Waals surface area contributed by atoms with Crippen molar-refractivity contribution in [3.8, 4) is 33.9 Å². The van der Waals surface area contributed by atoms with Crippen LogP contribution in [0, 0.1) is 11.3 Å². The summed E-state index contributed by atoms with van der Waals surface area (Å²) in [6, 6.07) is 45.1. The minimum absolute atomic E-state index is 0.309. The summed E-state index contributed by atoms with van der Waals surface area (Å²) in [7, 11) is 0. The van der Waals surface area contributed by atoms with Crippen molar-refractivity contribution in [2.24, 2.45) is 5.92 Å². The molecule has 61 heavy (non-hydrogen) atoms. The molecule has 0 spiro atoms. The van der Waals surface area contributed by atoms with Crippen LogP contribution in [0.1, 0.15) is 53.4 Å². The number of fused-ring (bicyclic) bond motifs is 9. The van der Waals surface area contributed by atoms with Crippen molar-refractivity contribution in [2.75, 3.05) is 5.32 Å². The van der Waals surface area contributed by atoms with E-state index in [1.807, 2.05) is 30.3 Å². The molecule has 0 amide bonds. The van der Waals surface area contributed by atoms with Crippen molar-refractivity contribution in [1.82, 2.24) is 19.1 Å². The molecule has 2 atom stereocenters. The summed E-state index contributed by atoms with van der Waals surface area (Å²) in [6.45, 7) is 0. The number of aromatic nitrogens is 4. The lowest BCUT2D eigenvalue weighted by molar-refractivity contribution is 0.693. The third-order valence-electron chi connectivity index (χ3n) is 13.0. The number of nitrogens with zero attached hydrogens (tertiary/aromatic N) is 4. The minimum Gasteiger partial charge on any atom is -0.338 e. The van der Waals surface area contributed by atoms with Gasteiger partial charge in [-0.2, -0.15) is 0 Å². The lowest BCUT2D eigenvalue weighted by Gasteiger charge is -2.26. The lowest BCUT2D eigenvalue weighted by Crippen LogP contribution is -2.13. The van der Waals surface area contributed by atoms with E-state index in [4.69, 9.17) is 15.4 Å². The summed E-state index contributed by atoms with van der Waals surface area (Å²) in [5.41, 5.74) is 17.8. The molecule has 0 bridgehead atoms. The van der Waals surface area contributed by atoms with E-state index in [2.05, 4.69) is 160 Å². The molecule has 0 fully saturated rings. The van der Waals surface area contributed by atoms with Crippen LogP contribution in [0.3, 0.4) is 0 Å². The molecule has 3 aromatic heterocycles. The average Bonchev–Trinajstić information content (AvgIpc) is 3.86. The largest absolute Gasteiger partial charge is 0.338 e. The zero-order valence-electron chi connectivity index (χ0n) is 33.6. The van der Waals surface area contributed by atoms with E-state index in [1.54, 1.807) is 0 Å². The number of rotatable bonds is 7. The number of allylic oxidation sites excluding steroid dienone is 9. The second-order valence-electron chi connectivity index (χ2n) is 16.4. The van der Waals surface area contributed by atoms with E-state index < -0.39 is 0 Å². The third kappa shape index (κ3) is 5.74. The van der Waals surface area contributed by atoms with Crippen LogP contribution in [0.2, 0.25) is 0 Å². The highest BCUT2D eigenvalue weighted by molar-refractivity contribution is 5.98. The van der Waals surface area contributed by atoms with Gasteiger partial charge in [0, 0.05) is 68.3 Å². The summed E-state index contributed by atoms with van der Waals surface area (Å²) in [5.74, 6) is 1.21. The number of anilines is 2. The Morgan fingerprint density at radius 1 is 0.623 bits per heavy atom. The van der Waals surface area contributed by atoms with Crippen LogP contribution in [0.5, 0.6) is 0 Å². The smallest absolute Gasteiger partial charge is 0.158 e. The normalized spacial score (nSPS) is 17.3. The Morgan fingerprint density at radius 2 is 1.30 bits per heavy atom. The maximum absolute atomic E-state index is 8.45. The molecule has 4 aliphatic carbocycles. The molecule has 292 valence electrons. The van der Waals surface area contributed by atoms with E-state index in [9.17, 15) is 0 Å². The Kier molecular flexibility index (Phi) is 8.30. The minimum atomic E-state index is 0.309. The maximum atomic E-state index is 8.45. The highest BCUT2D eigenvalue weighted by Gasteiger charge is 2.30. The molecule has 2 unspecified atom stereocenters. The van der Waals surface area contributed by atoms with Gasteiger partial charge in [-0.15, -0.1) is 0 Å². The van der Waals surface area contributed by atoms with E-state index in [0.717, 1.165) is 65.3 Å². The Balaban J connectivity index is 0.977. The Bertz CT molecular complexity index is 3220. The van der Waals surface area contributed by atoms with Crippen molar-refractivity contribution in [3.05, 3.63) is 204 Å². The van der Waals surface area contributed by atoms with Gasteiger partial charge in [0.25, 0.3) is 0 Å². The van der Waals surface area contributed by atoms with Gasteiger partial charge in [-0.05, 0) is 97.0 Å². The number of hydrogen-bond donors (Lipinski definition) is 2. The molecule has 6 heteroatoms. The van der Waals surface area contributed by atoms with Gasteiger partial charge in [0.1, 0.15) is 5.69 Å². The fourth-order valence-electron chi connectivity index (χ4n) is 10.3. The molecule has 0 radical (unpaired) electrons. The van der Waals surface area contributed by atoms with E-state index in [0.29, 0.717) is 23.3 Å². The zero-order chi connectivity index (χ0) is 40.4. The van der Waals surface area contributed by atoms with Gasteiger partial charge in [0.2, 0.25) is 0 Å². The van der Waals surface area contributed by atoms with Crippen LogP contribution in [-0.2, 0) is 6.42 Å². The van der Waals surface area contributed by atoms with Crippen molar-refractivity contribution in [1.29, 1.82) is 5.41 Å². The number of nitrogens with one attached hydrogen (secondary N) is 2. The maximum Gasteiger partial charge on any atom is 0.158 e. The summed E-state index contributed by atoms with van der Waals surface area (Å²) in [6.07, 6.45) is 23.8. The van der Waals surface area contributed by atoms with Gasteiger partial charge >= 0.3 is 0 Å². The van der Waals surface area contributed by atoms with Crippen molar-refractivity contribution in [2.45, 2.75) is 31.6 Å². The fourth-order valence-corrected chi connectivity index (χ4v) is 10.3. The fraction of sp³-hybridized carbons (Fsp3) is 0.109. The predicted molar refractivity (Wildman–Crippen MR) is 251 cm³/mol. The molecule has 4 aliphatic rings. The SMILES string of the molecule is N=Cc1nc(-c2ccc(-n3c4c(c5ccccc53)C3C=CC=CC3C=C4)cc2)c(-c2ccc(-n3c4c(c5ccccc53)C3=C(C=CCC3)CC4)cc2)nc1Nc1ccccc1. The molecular formula is C55H42N6. The summed E-state index contributed by atoms with van der Waals surface area (Å²) >= 11 is 0. The van der Waals surface area contributed by atoms with Crippen LogP contribution in [0.25, 0.3) is 67.3 Å². The predicted octanol–water partition coefficient (Wildman–Crippen LogP) is 13.3. The van der Waals surface area contributed by atoms with Crippen LogP contribution in [0.15, 0.2) is 175 Å². The second-order valence-corrected chi connectivity index (χ2v) is 16.4. The van der Waals surface area contributed by atoms with Crippen LogP contribution >= 0.6 is 0 Å². The monoisotopic (exact) mass is 786 g/mol. The molecule has 0 saturated heterocycles. The summed E-state index contributed by atoms with van der Waals surface area (Å²) in [4.78, 5) is 10.5. The van der Waals surface area contributed by atoms with Gasteiger partial charge in [-0.1, -0.05) is 121 Å². The van der Waals surface area contributed by atoms with E-state index >= 15 is 0 Å². The van der Waals surface area contributed by atoms with Gasteiger partial charge in [-0.3, -0.25) is 0 Å². The summed E-state index contributed by atoms with van der Waals surface area (Å²) < 4.78 is 4.86. The standard InChI is InChI=1S/C55H42N6/c56-34-46-55(57-39-14-2-1-3-15-39)59-54(38-24-30-41(31-25-38)61-48-21-11-9-19-45(48)52-43-17-7-5-13-36(43)27-33-50(52)61)53(58-46)37-22-28-40(29-23-37)60-47-20-10-8-18-44(47)51-42-16-6-4-12-35(42)26-32-49(51)60/h1-6,8-16,18-26,28-32,34-35,42,56H,7,17,27,33H2,(H,57,59). The number of hydrogen-bond acceptors (Lipinski definition) is 4. The lowest BCUT2D eigenvalue weighted by atomic mass is 9.78. The van der Waals surface area contributed by atoms with Gasteiger partial charge in [0.05, 0.1) is 28.1 Å². The van der Waals surface area contributed by atoms with Crippen LogP contribution < -0.4 is 5.32 Å². The van der Waals surface area contributed by atoms with Crippen molar-refractivity contribution in [3.63, 3.8) is 0 Å². The molecule has 2 N–H and O–H groups in total. The first kappa shape index (κ1) is 35.4. The quantitative estimate of drug-likeness (QED) is 0.158. The van der Waals surface area contributed by atoms with Crippen molar-refractivity contribution < 1.29 is 0 Å². The van der Waals surface area contributed by atoms with Crippen LogP contribution in [0.4, 0.5) is 11.5 Å². The molecular weight excluding hydrogens is 745 g/mol. The van der Waals surface area contributed by atoms with Crippen molar-refractivity contribution >= 4 is 51.2 Å². The topological polar surface area (TPSA) is 71.5 Å². The Morgan fingerprint density at radius 3 is 2.07 bits per heavy atom. The van der Waals surface area contributed by atoms with E-state index in [1.165, 1.54) is 61.7 Å².